The smallest absolute Gasteiger partial charge is 0.145 e. The fourth-order valence-electron chi connectivity index (χ4n) is 2.54. The summed E-state index contributed by atoms with van der Waals surface area (Å²) in [4.78, 5) is 12.1. The Morgan fingerprint density at radius 3 is 2.74 bits per heavy atom. The normalized spacial score (nSPS) is 16.6. The molecule has 0 aliphatic heterocycles. The second-order valence-electron chi connectivity index (χ2n) is 4.83. The molecule has 0 heterocycles. The summed E-state index contributed by atoms with van der Waals surface area (Å²) < 4.78 is 26.5. The molecule has 1 aliphatic carbocycles. The molecule has 0 saturated heterocycles. The molecule has 96 valence electrons. The largest absolute Gasteiger partial charge is 0.299 e. The summed E-state index contributed by atoms with van der Waals surface area (Å²) in [6.07, 6.45) is 0.647. The molecule has 1 unspecified atom stereocenters. The van der Waals surface area contributed by atoms with E-state index < -0.39 is 11.6 Å². The molecule has 2 aromatic carbocycles. The molecule has 1 nitrogen and oxygen atoms in total. The van der Waals surface area contributed by atoms with Gasteiger partial charge in [0.1, 0.15) is 17.4 Å². The van der Waals surface area contributed by atoms with Crippen molar-refractivity contribution in [1.29, 1.82) is 0 Å². The third-order valence-corrected chi connectivity index (χ3v) is 3.62. The van der Waals surface area contributed by atoms with E-state index in [1.54, 1.807) is 0 Å². The highest BCUT2D eigenvalue weighted by atomic mass is 19.1. The number of halogens is 2. The molecule has 3 rings (SSSR count). The number of ketones is 1. The molecule has 0 radical (unpaired) electrons. The van der Waals surface area contributed by atoms with Gasteiger partial charge in [0.2, 0.25) is 0 Å². The lowest BCUT2D eigenvalue weighted by atomic mass is 9.74. The van der Waals surface area contributed by atoms with Crippen molar-refractivity contribution in [3.63, 3.8) is 0 Å². The van der Waals surface area contributed by atoms with Crippen LogP contribution in [-0.4, -0.2) is 5.78 Å². The predicted molar refractivity (Wildman–Crippen MR) is 68.0 cm³/mol. The summed E-state index contributed by atoms with van der Waals surface area (Å²) in [6, 6.07) is 10.9. The van der Waals surface area contributed by atoms with Crippen LogP contribution >= 0.6 is 0 Å². The molecule has 2 aromatic rings. The fraction of sp³-hybridized carbons (Fsp3) is 0.188. The Balaban J connectivity index is 1.79. The maximum absolute atomic E-state index is 13.5. The Kier molecular flexibility index (Phi) is 2.90. The lowest BCUT2D eigenvalue weighted by Gasteiger charge is -2.28. The van der Waals surface area contributed by atoms with Crippen LogP contribution in [-0.2, 0) is 17.6 Å². The van der Waals surface area contributed by atoms with E-state index in [9.17, 15) is 13.6 Å². The summed E-state index contributed by atoms with van der Waals surface area (Å²) in [5, 5.41) is 0. The maximum Gasteiger partial charge on any atom is 0.145 e. The van der Waals surface area contributed by atoms with Gasteiger partial charge in [-0.25, -0.2) is 8.78 Å². The van der Waals surface area contributed by atoms with Crippen LogP contribution < -0.4 is 0 Å². The quantitative estimate of drug-likeness (QED) is 0.824. The molecular weight excluding hydrogens is 246 g/mol. The Morgan fingerprint density at radius 1 is 1.16 bits per heavy atom. The van der Waals surface area contributed by atoms with E-state index in [4.69, 9.17) is 0 Å². The molecule has 0 amide bonds. The predicted octanol–water partition coefficient (Wildman–Crippen LogP) is 3.42. The number of hydrogen-bond acceptors (Lipinski definition) is 1. The average molecular weight is 258 g/mol. The molecule has 1 aliphatic rings. The summed E-state index contributed by atoms with van der Waals surface area (Å²) in [7, 11) is 0. The molecule has 0 spiro atoms. The van der Waals surface area contributed by atoms with E-state index in [0.29, 0.717) is 6.42 Å². The summed E-state index contributed by atoms with van der Waals surface area (Å²) in [5.41, 5.74) is 2.32. The van der Waals surface area contributed by atoms with Crippen molar-refractivity contribution in [3.05, 3.63) is 70.8 Å². The van der Waals surface area contributed by atoms with Crippen molar-refractivity contribution in [1.82, 2.24) is 0 Å². The first-order valence-corrected chi connectivity index (χ1v) is 6.19. The van der Waals surface area contributed by atoms with Crippen molar-refractivity contribution in [3.8, 4) is 0 Å². The zero-order valence-corrected chi connectivity index (χ0v) is 10.2. The third-order valence-electron chi connectivity index (χ3n) is 3.62. The highest BCUT2D eigenvalue weighted by Crippen LogP contribution is 2.36. The van der Waals surface area contributed by atoms with E-state index in [-0.39, 0.29) is 23.7 Å². The Bertz CT molecular complexity index is 649. The average Bonchev–Trinajstić information content (AvgIpc) is 2.35. The molecular formula is C16H12F2O. The van der Waals surface area contributed by atoms with Crippen LogP contribution in [0.15, 0.2) is 42.5 Å². The highest BCUT2D eigenvalue weighted by Gasteiger charge is 2.31. The number of Topliss-reactive ketones (excluding diaryl/α,β-unsaturated/α-hetero) is 1. The van der Waals surface area contributed by atoms with Crippen LogP contribution in [0.1, 0.15) is 22.6 Å². The number of carbonyl (C=O) groups is 1. The molecule has 0 aromatic heterocycles. The fourth-order valence-corrected chi connectivity index (χ4v) is 2.54. The zero-order chi connectivity index (χ0) is 13.4. The van der Waals surface area contributed by atoms with E-state index in [1.165, 1.54) is 5.56 Å². The molecule has 0 bridgehead atoms. The zero-order valence-electron chi connectivity index (χ0n) is 10.2. The third kappa shape index (κ3) is 2.16. The molecule has 1 atom stereocenters. The van der Waals surface area contributed by atoms with Crippen molar-refractivity contribution in [2.75, 3.05) is 0 Å². The minimum Gasteiger partial charge on any atom is -0.299 e. The van der Waals surface area contributed by atoms with Gasteiger partial charge in [0, 0.05) is 12.3 Å². The molecule has 19 heavy (non-hydrogen) atoms. The highest BCUT2D eigenvalue weighted by molar-refractivity contribution is 5.90. The number of carbonyl (C=O) groups excluding carboxylic acids is 1. The topological polar surface area (TPSA) is 17.1 Å². The van der Waals surface area contributed by atoms with Gasteiger partial charge >= 0.3 is 0 Å². The summed E-state index contributed by atoms with van der Waals surface area (Å²) >= 11 is 0. The van der Waals surface area contributed by atoms with Gasteiger partial charge in [-0.2, -0.15) is 0 Å². The molecule has 0 saturated carbocycles. The van der Waals surface area contributed by atoms with Crippen molar-refractivity contribution in [2.24, 2.45) is 0 Å². The Morgan fingerprint density at radius 2 is 1.95 bits per heavy atom. The number of hydrogen-bond donors (Lipinski definition) is 0. The second-order valence-corrected chi connectivity index (χ2v) is 4.83. The number of fused-ring (bicyclic) bond motifs is 1. The van der Waals surface area contributed by atoms with Gasteiger partial charge < -0.3 is 0 Å². The van der Waals surface area contributed by atoms with E-state index in [2.05, 4.69) is 0 Å². The first-order chi connectivity index (χ1) is 9.15. The van der Waals surface area contributed by atoms with Crippen LogP contribution in [0.4, 0.5) is 8.78 Å². The summed E-state index contributed by atoms with van der Waals surface area (Å²) in [6.45, 7) is 0. The second kappa shape index (κ2) is 4.57. The van der Waals surface area contributed by atoms with Gasteiger partial charge in [0.25, 0.3) is 0 Å². The first kappa shape index (κ1) is 12.0. The lowest BCUT2D eigenvalue weighted by Crippen LogP contribution is -2.26. The van der Waals surface area contributed by atoms with Crippen LogP contribution in [0.3, 0.4) is 0 Å². The van der Waals surface area contributed by atoms with Gasteiger partial charge in [0.05, 0.1) is 0 Å². The van der Waals surface area contributed by atoms with Crippen molar-refractivity contribution < 1.29 is 13.6 Å². The van der Waals surface area contributed by atoms with Crippen LogP contribution in [0, 0.1) is 11.6 Å². The van der Waals surface area contributed by atoms with E-state index >= 15 is 0 Å². The molecule has 0 N–H and O–H groups in total. The standard InChI is InChI=1S/C16H12F2O/c17-12-5-6-15(18)11(7-12)9-16(19)14-8-10-3-1-2-4-13(10)14/h1-7,14H,8-9H2. The monoisotopic (exact) mass is 258 g/mol. The number of rotatable bonds is 3. The van der Waals surface area contributed by atoms with Crippen LogP contribution in [0.5, 0.6) is 0 Å². The van der Waals surface area contributed by atoms with E-state index in [0.717, 1.165) is 23.8 Å². The van der Waals surface area contributed by atoms with Crippen LogP contribution in [0.25, 0.3) is 0 Å². The summed E-state index contributed by atoms with van der Waals surface area (Å²) in [5.74, 6) is -1.26. The minimum atomic E-state index is -0.526. The number of benzene rings is 2. The van der Waals surface area contributed by atoms with Gasteiger partial charge in [0.15, 0.2) is 0 Å². The van der Waals surface area contributed by atoms with Gasteiger partial charge in [-0.1, -0.05) is 24.3 Å². The minimum absolute atomic E-state index is 0.0526. The van der Waals surface area contributed by atoms with Crippen molar-refractivity contribution >= 4 is 5.78 Å². The SMILES string of the molecule is O=C(Cc1cc(F)ccc1F)C1Cc2ccccc21. The van der Waals surface area contributed by atoms with Gasteiger partial charge in [-0.15, -0.1) is 0 Å². The molecule has 0 fully saturated rings. The Labute approximate surface area is 109 Å². The maximum atomic E-state index is 13.5. The van der Waals surface area contributed by atoms with Crippen molar-refractivity contribution in [2.45, 2.75) is 18.8 Å². The van der Waals surface area contributed by atoms with Gasteiger partial charge in [-0.3, -0.25) is 4.79 Å². The van der Waals surface area contributed by atoms with Gasteiger partial charge in [-0.05, 0) is 41.3 Å². The van der Waals surface area contributed by atoms with E-state index in [1.807, 2.05) is 24.3 Å². The first-order valence-electron chi connectivity index (χ1n) is 6.19. The molecule has 3 heteroatoms. The van der Waals surface area contributed by atoms with Crippen LogP contribution in [0.2, 0.25) is 0 Å². The Hall–Kier alpha value is -2.03. The lowest BCUT2D eigenvalue weighted by molar-refractivity contribution is -0.120.